The average Bonchev–Trinajstić information content (AvgIpc) is 2.33. The van der Waals surface area contributed by atoms with Crippen molar-refractivity contribution in [2.75, 3.05) is 6.61 Å². The van der Waals surface area contributed by atoms with Gasteiger partial charge in [0.2, 0.25) is 0 Å². The zero-order valence-electron chi connectivity index (χ0n) is 6.42. The number of ether oxygens (including phenoxy) is 1. The quantitative estimate of drug-likeness (QED) is 0.639. The molecule has 0 radical (unpaired) electrons. The van der Waals surface area contributed by atoms with Crippen LogP contribution in [-0.2, 0) is 0 Å². The monoisotopic (exact) mass is 152 g/mol. The summed E-state index contributed by atoms with van der Waals surface area (Å²) in [6, 6.07) is 1.79. The Hall–Kier alpha value is -1.50. The second-order valence-electron chi connectivity index (χ2n) is 1.94. The Balaban J connectivity index is 2.90. The van der Waals surface area contributed by atoms with Gasteiger partial charge in [0.15, 0.2) is 6.07 Å². The summed E-state index contributed by atoms with van der Waals surface area (Å²) in [7, 11) is 0. The highest BCUT2D eigenvalue weighted by atomic mass is 16.6. The Morgan fingerprint density at radius 3 is 2.91 bits per heavy atom. The lowest BCUT2D eigenvalue weighted by atomic mass is 10.5. The van der Waals surface area contributed by atoms with Crippen LogP contribution < -0.4 is 4.74 Å². The molecule has 0 saturated heterocycles. The fourth-order valence-corrected chi connectivity index (χ4v) is 0.695. The summed E-state index contributed by atoms with van der Waals surface area (Å²) in [5, 5.41) is 8.38. The van der Waals surface area contributed by atoms with Gasteiger partial charge in [-0.2, -0.15) is 5.26 Å². The average molecular weight is 152 g/mol. The number of nitriles is 1. The molecule has 0 fully saturated rings. The predicted molar refractivity (Wildman–Crippen MR) is 37.1 cm³/mol. The number of hydrogen-bond donors (Lipinski definition) is 0. The van der Waals surface area contributed by atoms with E-state index in [9.17, 15) is 0 Å². The fourth-order valence-electron chi connectivity index (χ4n) is 0.695. The number of aromatic nitrogens is 1. The molecule has 0 aliphatic carbocycles. The second-order valence-corrected chi connectivity index (χ2v) is 1.94. The van der Waals surface area contributed by atoms with Crippen LogP contribution in [0.4, 0.5) is 0 Å². The van der Waals surface area contributed by atoms with Gasteiger partial charge >= 0.3 is 11.8 Å². The maximum atomic E-state index is 8.38. The van der Waals surface area contributed by atoms with E-state index in [-0.39, 0.29) is 5.89 Å². The van der Waals surface area contributed by atoms with Crippen LogP contribution in [-0.4, -0.2) is 11.6 Å². The number of aryl methyl sites for hydroxylation is 1. The van der Waals surface area contributed by atoms with E-state index in [4.69, 9.17) is 14.4 Å². The van der Waals surface area contributed by atoms with E-state index >= 15 is 0 Å². The molecule has 4 heteroatoms. The molecule has 58 valence electrons. The van der Waals surface area contributed by atoms with Crippen LogP contribution in [0.3, 0.4) is 0 Å². The SMILES string of the molecule is CCOc1oc(C#N)nc1C. The fraction of sp³-hybridized carbons (Fsp3) is 0.429. The molecule has 0 unspecified atom stereocenters. The van der Waals surface area contributed by atoms with Gasteiger partial charge in [0.25, 0.3) is 0 Å². The second kappa shape index (κ2) is 3.06. The molecular formula is C7H8N2O2. The van der Waals surface area contributed by atoms with Crippen LogP contribution in [0.25, 0.3) is 0 Å². The van der Waals surface area contributed by atoms with Gasteiger partial charge < -0.3 is 9.15 Å². The smallest absolute Gasteiger partial charge is 0.309 e. The molecule has 1 aromatic heterocycles. The summed E-state index contributed by atoms with van der Waals surface area (Å²) in [6.45, 7) is 4.09. The van der Waals surface area contributed by atoms with Gasteiger partial charge in [-0.15, -0.1) is 0 Å². The van der Waals surface area contributed by atoms with Gasteiger partial charge in [0.1, 0.15) is 5.69 Å². The van der Waals surface area contributed by atoms with Crippen LogP contribution in [0.5, 0.6) is 5.95 Å². The number of hydrogen-bond acceptors (Lipinski definition) is 4. The van der Waals surface area contributed by atoms with Gasteiger partial charge in [0.05, 0.1) is 6.61 Å². The van der Waals surface area contributed by atoms with Crippen LogP contribution in [0, 0.1) is 18.3 Å². The van der Waals surface area contributed by atoms with E-state index in [1.807, 2.05) is 6.92 Å². The van der Waals surface area contributed by atoms with Crippen molar-refractivity contribution in [3.8, 4) is 12.0 Å². The highest BCUT2D eigenvalue weighted by Crippen LogP contribution is 2.17. The van der Waals surface area contributed by atoms with Crippen molar-refractivity contribution >= 4 is 0 Å². The summed E-state index contributed by atoms with van der Waals surface area (Å²) in [6.07, 6.45) is 0. The summed E-state index contributed by atoms with van der Waals surface area (Å²) < 4.78 is 9.95. The number of nitrogens with zero attached hydrogens (tertiary/aromatic N) is 2. The molecule has 0 aliphatic heterocycles. The molecule has 0 saturated carbocycles. The molecule has 0 N–H and O–H groups in total. The lowest BCUT2D eigenvalue weighted by molar-refractivity contribution is 0.253. The molecule has 0 spiro atoms. The van der Waals surface area contributed by atoms with Crippen molar-refractivity contribution < 1.29 is 9.15 Å². The first-order valence-corrected chi connectivity index (χ1v) is 3.28. The molecular weight excluding hydrogens is 144 g/mol. The minimum absolute atomic E-state index is 0.0472. The number of rotatable bonds is 2. The number of oxazole rings is 1. The van der Waals surface area contributed by atoms with Crippen molar-refractivity contribution in [1.29, 1.82) is 5.26 Å². The minimum atomic E-state index is 0.0472. The van der Waals surface area contributed by atoms with Crippen molar-refractivity contribution in [1.82, 2.24) is 4.98 Å². The van der Waals surface area contributed by atoms with Crippen LogP contribution in [0.15, 0.2) is 4.42 Å². The highest BCUT2D eigenvalue weighted by Gasteiger charge is 2.08. The molecule has 0 aliphatic rings. The molecule has 0 bridgehead atoms. The molecule has 4 nitrogen and oxygen atoms in total. The Morgan fingerprint density at radius 2 is 2.45 bits per heavy atom. The first kappa shape index (κ1) is 7.61. The standard InChI is InChI=1S/C7H8N2O2/c1-3-10-7-5(2)9-6(4-8)11-7/h3H2,1-2H3. The van der Waals surface area contributed by atoms with Crippen molar-refractivity contribution in [3.05, 3.63) is 11.6 Å². The molecule has 0 aromatic carbocycles. The maximum absolute atomic E-state index is 8.38. The molecule has 1 aromatic rings. The highest BCUT2D eigenvalue weighted by molar-refractivity contribution is 5.19. The zero-order chi connectivity index (χ0) is 8.27. The Bertz CT molecular complexity index is 285. The largest absolute Gasteiger partial charge is 0.464 e. The molecule has 0 atom stereocenters. The van der Waals surface area contributed by atoms with Crippen molar-refractivity contribution in [2.45, 2.75) is 13.8 Å². The van der Waals surface area contributed by atoms with Gasteiger partial charge in [0, 0.05) is 0 Å². The van der Waals surface area contributed by atoms with Crippen LogP contribution in [0.2, 0.25) is 0 Å². The Labute approximate surface area is 64.4 Å². The van der Waals surface area contributed by atoms with E-state index in [1.54, 1.807) is 13.0 Å². The summed E-state index contributed by atoms with van der Waals surface area (Å²) in [5.41, 5.74) is 0.614. The lowest BCUT2D eigenvalue weighted by Crippen LogP contribution is -1.90. The van der Waals surface area contributed by atoms with Gasteiger partial charge in [-0.1, -0.05) is 0 Å². The summed E-state index contributed by atoms with van der Waals surface area (Å²) in [5.74, 6) is 0.384. The predicted octanol–water partition coefficient (Wildman–Crippen LogP) is 1.25. The summed E-state index contributed by atoms with van der Waals surface area (Å²) in [4.78, 5) is 3.79. The van der Waals surface area contributed by atoms with Gasteiger partial charge in [-0.05, 0) is 13.8 Å². The van der Waals surface area contributed by atoms with E-state index in [0.717, 1.165) is 0 Å². The normalized spacial score (nSPS) is 9.18. The van der Waals surface area contributed by atoms with E-state index < -0.39 is 0 Å². The third-order valence-corrected chi connectivity index (χ3v) is 1.13. The maximum Gasteiger partial charge on any atom is 0.309 e. The first-order valence-electron chi connectivity index (χ1n) is 3.28. The third kappa shape index (κ3) is 1.49. The molecule has 1 heterocycles. The summed E-state index contributed by atoms with van der Waals surface area (Å²) >= 11 is 0. The van der Waals surface area contributed by atoms with Crippen LogP contribution >= 0.6 is 0 Å². The Kier molecular flexibility index (Phi) is 2.12. The van der Waals surface area contributed by atoms with Gasteiger partial charge in [-0.3, -0.25) is 0 Å². The molecule has 0 amide bonds. The van der Waals surface area contributed by atoms with Crippen LogP contribution in [0.1, 0.15) is 18.5 Å². The van der Waals surface area contributed by atoms with E-state index in [0.29, 0.717) is 18.2 Å². The van der Waals surface area contributed by atoms with Gasteiger partial charge in [-0.25, -0.2) is 4.98 Å². The zero-order valence-corrected chi connectivity index (χ0v) is 6.42. The van der Waals surface area contributed by atoms with E-state index in [1.165, 1.54) is 0 Å². The topological polar surface area (TPSA) is 59.0 Å². The lowest BCUT2D eigenvalue weighted by Gasteiger charge is -1.94. The molecule has 1 rings (SSSR count). The third-order valence-electron chi connectivity index (χ3n) is 1.13. The molecule has 11 heavy (non-hydrogen) atoms. The minimum Gasteiger partial charge on any atom is -0.464 e. The first-order chi connectivity index (χ1) is 5.27. The van der Waals surface area contributed by atoms with E-state index in [2.05, 4.69) is 4.98 Å². The Morgan fingerprint density at radius 1 is 1.73 bits per heavy atom. The van der Waals surface area contributed by atoms with Crippen molar-refractivity contribution in [2.24, 2.45) is 0 Å². The van der Waals surface area contributed by atoms with Crippen molar-refractivity contribution in [3.63, 3.8) is 0 Å².